The lowest BCUT2D eigenvalue weighted by Gasteiger charge is -2.09. The van der Waals surface area contributed by atoms with Crippen LogP contribution in [0.1, 0.15) is 17.2 Å². The smallest absolute Gasteiger partial charge is 0.183 e. The molecule has 0 aliphatic rings. The molecule has 0 atom stereocenters. The van der Waals surface area contributed by atoms with E-state index in [1.165, 1.54) is 5.56 Å². The van der Waals surface area contributed by atoms with E-state index in [0.29, 0.717) is 11.5 Å². The maximum absolute atomic E-state index is 4.46. The summed E-state index contributed by atoms with van der Waals surface area (Å²) in [5.41, 5.74) is 3.74. The number of aryl methyl sites for hydroxylation is 3. The fourth-order valence-electron chi connectivity index (χ4n) is 2.05. The van der Waals surface area contributed by atoms with E-state index >= 15 is 0 Å². The predicted molar refractivity (Wildman–Crippen MR) is 75.6 cm³/mol. The van der Waals surface area contributed by atoms with Gasteiger partial charge in [0.15, 0.2) is 11.5 Å². The number of fused-ring (bicyclic) bond motifs is 1. The van der Waals surface area contributed by atoms with E-state index in [9.17, 15) is 0 Å². The number of nitrogens with one attached hydrogen (secondary N) is 2. The largest absolute Gasteiger partial charge is 0.338 e. The topological polar surface area (TPSA) is 66.5 Å². The molecule has 3 rings (SSSR count). The zero-order valence-electron chi connectivity index (χ0n) is 11.2. The maximum atomic E-state index is 4.46. The number of hydrogen-bond acceptors (Lipinski definition) is 4. The molecule has 0 aliphatic heterocycles. The highest BCUT2D eigenvalue weighted by Crippen LogP contribution is 2.24. The second-order valence-electron chi connectivity index (χ2n) is 4.58. The summed E-state index contributed by atoms with van der Waals surface area (Å²) in [7, 11) is 0. The van der Waals surface area contributed by atoms with E-state index in [1.54, 1.807) is 0 Å². The molecule has 19 heavy (non-hydrogen) atoms. The summed E-state index contributed by atoms with van der Waals surface area (Å²) in [6.07, 6.45) is 0. The summed E-state index contributed by atoms with van der Waals surface area (Å²) in [5, 5.41) is 3.35. The van der Waals surface area contributed by atoms with Crippen LogP contribution in [0.2, 0.25) is 0 Å². The Morgan fingerprint density at radius 3 is 2.58 bits per heavy atom. The first-order valence-corrected chi connectivity index (χ1v) is 6.17. The third-order valence-electron chi connectivity index (χ3n) is 2.98. The van der Waals surface area contributed by atoms with Crippen molar-refractivity contribution in [3.05, 3.63) is 41.5 Å². The lowest BCUT2D eigenvalue weighted by atomic mass is 10.2. The highest BCUT2D eigenvalue weighted by atomic mass is 15.1. The molecule has 0 unspecified atom stereocenters. The predicted octanol–water partition coefficient (Wildman–Crippen LogP) is 3.02. The number of para-hydroxylation sites is 1. The molecule has 0 fully saturated rings. The number of benzene rings is 1. The number of anilines is 2. The van der Waals surface area contributed by atoms with Crippen molar-refractivity contribution in [3.8, 4) is 0 Å². The van der Waals surface area contributed by atoms with Crippen LogP contribution in [0.3, 0.4) is 0 Å². The van der Waals surface area contributed by atoms with E-state index in [0.717, 1.165) is 22.8 Å². The Morgan fingerprint density at radius 2 is 1.79 bits per heavy atom. The van der Waals surface area contributed by atoms with Crippen molar-refractivity contribution in [3.63, 3.8) is 0 Å². The molecule has 0 spiro atoms. The van der Waals surface area contributed by atoms with Crippen LogP contribution in [-0.2, 0) is 0 Å². The monoisotopic (exact) mass is 253 g/mol. The number of aromatic amines is 1. The van der Waals surface area contributed by atoms with E-state index in [2.05, 4.69) is 38.2 Å². The molecular formula is C14H15N5. The normalized spacial score (nSPS) is 10.9. The van der Waals surface area contributed by atoms with Gasteiger partial charge in [-0.3, -0.25) is 0 Å². The van der Waals surface area contributed by atoms with E-state index < -0.39 is 0 Å². The van der Waals surface area contributed by atoms with Crippen molar-refractivity contribution in [2.75, 3.05) is 5.32 Å². The molecule has 0 saturated heterocycles. The highest BCUT2D eigenvalue weighted by molar-refractivity contribution is 5.85. The fraction of sp³-hybridized carbons (Fsp3) is 0.214. The second-order valence-corrected chi connectivity index (χ2v) is 4.58. The van der Waals surface area contributed by atoms with Crippen molar-refractivity contribution in [2.45, 2.75) is 20.8 Å². The van der Waals surface area contributed by atoms with Crippen LogP contribution in [0.15, 0.2) is 24.3 Å². The Morgan fingerprint density at radius 1 is 1.00 bits per heavy atom. The van der Waals surface area contributed by atoms with E-state index in [4.69, 9.17) is 0 Å². The number of aromatic nitrogens is 4. The summed E-state index contributed by atoms with van der Waals surface area (Å²) in [6, 6.07) is 8.11. The Kier molecular flexibility index (Phi) is 2.67. The van der Waals surface area contributed by atoms with Crippen LogP contribution in [0.25, 0.3) is 11.2 Å². The molecule has 5 nitrogen and oxygen atoms in total. The average molecular weight is 253 g/mol. The SMILES string of the molecule is Cc1nc(Nc2ccccc2C)c2[nH]c(C)nc2n1. The average Bonchev–Trinajstić information content (AvgIpc) is 2.72. The van der Waals surface area contributed by atoms with Crippen LogP contribution in [0.5, 0.6) is 0 Å². The Bertz CT molecular complexity index is 745. The highest BCUT2D eigenvalue weighted by Gasteiger charge is 2.10. The summed E-state index contributed by atoms with van der Waals surface area (Å²) in [5.74, 6) is 2.30. The van der Waals surface area contributed by atoms with Gasteiger partial charge in [-0.2, -0.15) is 0 Å². The van der Waals surface area contributed by atoms with Crippen molar-refractivity contribution in [2.24, 2.45) is 0 Å². The van der Waals surface area contributed by atoms with Crippen molar-refractivity contribution in [1.82, 2.24) is 19.9 Å². The first kappa shape index (κ1) is 11.6. The summed E-state index contributed by atoms with van der Waals surface area (Å²) >= 11 is 0. The molecule has 5 heteroatoms. The van der Waals surface area contributed by atoms with Gasteiger partial charge in [-0.05, 0) is 32.4 Å². The first-order chi connectivity index (χ1) is 9.13. The number of hydrogen-bond donors (Lipinski definition) is 2. The Labute approximate surface area is 111 Å². The molecule has 2 heterocycles. The van der Waals surface area contributed by atoms with Gasteiger partial charge in [0, 0.05) is 5.69 Å². The van der Waals surface area contributed by atoms with E-state index in [1.807, 2.05) is 32.0 Å². The fourth-order valence-corrected chi connectivity index (χ4v) is 2.05. The molecule has 1 aromatic carbocycles. The zero-order chi connectivity index (χ0) is 13.4. The van der Waals surface area contributed by atoms with Crippen molar-refractivity contribution >= 4 is 22.7 Å². The van der Waals surface area contributed by atoms with Crippen molar-refractivity contribution in [1.29, 1.82) is 0 Å². The lowest BCUT2D eigenvalue weighted by Crippen LogP contribution is -2.00. The van der Waals surface area contributed by atoms with Crippen molar-refractivity contribution < 1.29 is 0 Å². The Hall–Kier alpha value is -2.43. The molecule has 0 amide bonds. The van der Waals surface area contributed by atoms with Gasteiger partial charge in [-0.25, -0.2) is 15.0 Å². The molecule has 0 aliphatic carbocycles. The number of imidazole rings is 1. The third kappa shape index (κ3) is 2.14. The van der Waals surface area contributed by atoms with Gasteiger partial charge in [0.05, 0.1) is 0 Å². The number of H-pyrrole nitrogens is 1. The number of rotatable bonds is 2. The maximum Gasteiger partial charge on any atom is 0.183 e. The van der Waals surface area contributed by atoms with Gasteiger partial charge < -0.3 is 10.3 Å². The van der Waals surface area contributed by atoms with Crippen LogP contribution in [0.4, 0.5) is 11.5 Å². The van der Waals surface area contributed by atoms with Crippen LogP contribution in [0, 0.1) is 20.8 Å². The van der Waals surface area contributed by atoms with Gasteiger partial charge in [0.2, 0.25) is 0 Å². The zero-order valence-corrected chi connectivity index (χ0v) is 11.2. The van der Waals surface area contributed by atoms with E-state index in [-0.39, 0.29) is 0 Å². The molecule has 3 aromatic rings. The van der Waals surface area contributed by atoms with Crippen LogP contribution in [-0.4, -0.2) is 19.9 Å². The minimum atomic E-state index is 0.695. The summed E-state index contributed by atoms with van der Waals surface area (Å²) < 4.78 is 0. The molecule has 0 saturated carbocycles. The van der Waals surface area contributed by atoms with Crippen LogP contribution >= 0.6 is 0 Å². The molecule has 96 valence electrons. The molecular weight excluding hydrogens is 238 g/mol. The summed E-state index contributed by atoms with van der Waals surface area (Å²) in [4.78, 5) is 16.3. The minimum Gasteiger partial charge on any atom is -0.338 e. The third-order valence-corrected chi connectivity index (χ3v) is 2.98. The number of nitrogens with zero attached hydrogens (tertiary/aromatic N) is 3. The van der Waals surface area contributed by atoms with Gasteiger partial charge in [-0.1, -0.05) is 18.2 Å². The van der Waals surface area contributed by atoms with Gasteiger partial charge in [0.25, 0.3) is 0 Å². The summed E-state index contributed by atoms with van der Waals surface area (Å²) in [6.45, 7) is 5.84. The quantitative estimate of drug-likeness (QED) is 0.736. The first-order valence-electron chi connectivity index (χ1n) is 6.17. The second kappa shape index (κ2) is 4.35. The minimum absolute atomic E-state index is 0.695. The van der Waals surface area contributed by atoms with Gasteiger partial charge in [0.1, 0.15) is 17.2 Å². The standard InChI is InChI=1S/C14H15N5/c1-8-6-4-5-7-11(8)19-14-12-13(16-9(2)15-12)17-10(3)18-14/h4-7H,1-3H3,(H2,15,16,17,18,19). The molecule has 0 bridgehead atoms. The van der Waals surface area contributed by atoms with Crippen LogP contribution < -0.4 is 5.32 Å². The van der Waals surface area contributed by atoms with Gasteiger partial charge in [-0.15, -0.1) is 0 Å². The Balaban J connectivity index is 2.12. The molecule has 2 aromatic heterocycles. The van der Waals surface area contributed by atoms with Gasteiger partial charge >= 0.3 is 0 Å². The molecule has 0 radical (unpaired) electrons. The molecule has 2 N–H and O–H groups in total. The lowest BCUT2D eigenvalue weighted by molar-refractivity contribution is 1.08.